The second-order valence-electron chi connectivity index (χ2n) is 9.52. The Morgan fingerprint density at radius 1 is 1.00 bits per heavy atom. The molecule has 1 amide bonds. The van der Waals surface area contributed by atoms with E-state index in [2.05, 4.69) is 32.8 Å². The fraction of sp³-hybridized carbons (Fsp3) is 0.393. The van der Waals surface area contributed by atoms with Gasteiger partial charge in [0, 0.05) is 31.1 Å². The highest BCUT2D eigenvalue weighted by atomic mass is 19.4. The van der Waals surface area contributed by atoms with Crippen LogP contribution in [0.15, 0.2) is 54.6 Å². The van der Waals surface area contributed by atoms with Crippen molar-refractivity contribution in [3.63, 3.8) is 0 Å². The van der Waals surface area contributed by atoms with Gasteiger partial charge in [0.05, 0.1) is 12.3 Å². The van der Waals surface area contributed by atoms with E-state index in [1.165, 1.54) is 0 Å². The van der Waals surface area contributed by atoms with Crippen molar-refractivity contribution in [3.05, 3.63) is 77.0 Å². The number of aromatic nitrogens is 2. The molecule has 4 aliphatic rings. The molecule has 0 spiro atoms. The van der Waals surface area contributed by atoms with Crippen molar-refractivity contribution in [2.24, 2.45) is 5.92 Å². The second-order valence-corrected chi connectivity index (χ2v) is 9.52. The number of ether oxygens (including phenoxy) is 2. The molecule has 11 heteroatoms. The van der Waals surface area contributed by atoms with Crippen LogP contribution in [0, 0.1) is 5.92 Å². The number of anilines is 1. The van der Waals surface area contributed by atoms with Gasteiger partial charge >= 0.3 is 12.2 Å². The number of halogens is 3. The van der Waals surface area contributed by atoms with E-state index in [-0.39, 0.29) is 17.8 Å². The molecule has 1 atom stereocenters. The van der Waals surface area contributed by atoms with E-state index < -0.39 is 12.8 Å². The van der Waals surface area contributed by atoms with Gasteiger partial charge in [-0.1, -0.05) is 31.2 Å². The molecule has 208 valence electrons. The molecule has 1 aromatic heterocycles. The number of hydrogen-bond acceptors (Lipinski definition) is 7. The first-order valence-corrected chi connectivity index (χ1v) is 12.8. The lowest BCUT2D eigenvalue weighted by atomic mass is 10.1. The van der Waals surface area contributed by atoms with Crippen LogP contribution in [0.1, 0.15) is 40.5 Å². The van der Waals surface area contributed by atoms with Crippen LogP contribution < -0.4 is 25.4 Å². The minimum absolute atomic E-state index is 0.168. The average molecular weight is 544 g/mol. The van der Waals surface area contributed by atoms with Crippen molar-refractivity contribution in [2.75, 3.05) is 38.2 Å². The van der Waals surface area contributed by atoms with Crippen LogP contribution in [0.25, 0.3) is 0 Å². The lowest BCUT2D eigenvalue weighted by Gasteiger charge is -2.15. The number of carbonyl (C=O) groups excluding carboxylic acids is 1. The van der Waals surface area contributed by atoms with E-state index >= 15 is 0 Å². The molecule has 3 N–H and O–H groups in total. The van der Waals surface area contributed by atoms with E-state index in [1.54, 1.807) is 30.3 Å². The summed E-state index contributed by atoms with van der Waals surface area (Å²) in [4.78, 5) is 20.9. The van der Waals surface area contributed by atoms with Crippen molar-refractivity contribution >= 4 is 11.7 Å². The molecule has 6 bridgehead atoms. The van der Waals surface area contributed by atoms with Gasteiger partial charge < -0.3 is 25.4 Å². The van der Waals surface area contributed by atoms with Crippen LogP contribution in [-0.2, 0) is 13.0 Å². The Bertz CT molecular complexity index is 1220. The van der Waals surface area contributed by atoms with E-state index in [4.69, 9.17) is 9.47 Å². The van der Waals surface area contributed by atoms with Crippen molar-refractivity contribution in [1.29, 1.82) is 0 Å². The largest absolute Gasteiger partial charge is 0.494 e. The summed E-state index contributed by atoms with van der Waals surface area (Å²) in [6, 6.07) is 15.9. The zero-order valence-electron chi connectivity index (χ0n) is 21.7. The summed E-state index contributed by atoms with van der Waals surface area (Å²) in [5.74, 6) is 1.17. The minimum atomic E-state index is -4.51. The highest BCUT2D eigenvalue weighted by molar-refractivity contribution is 5.94. The third-order valence-corrected chi connectivity index (χ3v) is 5.99. The third kappa shape index (κ3) is 9.43. The van der Waals surface area contributed by atoms with Gasteiger partial charge in [-0.2, -0.15) is 23.1 Å². The summed E-state index contributed by atoms with van der Waals surface area (Å²) in [5.41, 5.74) is 2.77. The molecule has 4 aliphatic heterocycles. The topological polar surface area (TPSA) is 97.4 Å². The number of nitrogens with one attached hydrogen (secondary N) is 3. The molecule has 0 aliphatic carbocycles. The smallest absolute Gasteiger partial charge is 0.422 e. The van der Waals surface area contributed by atoms with Crippen LogP contribution in [0.4, 0.5) is 19.0 Å². The van der Waals surface area contributed by atoms with E-state index in [0.717, 1.165) is 36.4 Å². The maximum absolute atomic E-state index is 12.8. The van der Waals surface area contributed by atoms with E-state index in [1.807, 2.05) is 24.3 Å². The molecule has 8 nitrogen and oxygen atoms in total. The van der Waals surface area contributed by atoms with Crippen molar-refractivity contribution < 1.29 is 27.4 Å². The van der Waals surface area contributed by atoms with Gasteiger partial charge in [0.2, 0.25) is 0 Å². The number of benzene rings is 2. The van der Waals surface area contributed by atoms with Gasteiger partial charge in [-0.15, -0.1) is 0 Å². The summed E-state index contributed by atoms with van der Waals surface area (Å²) < 4.78 is 48.9. The Kier molecular flexibility index (Phi) is 9.59. The Hall–Kier alpha value is -3.86. The van der Waals surface area contributed by atoms with Gasteiger partial charge in [-0.25, -0.2) is 0 Å². The van der Waals surface area contributed by atoms with Crippen LogP contribution in [0.5, 0.6) is 11.8 Å². The number of rotatable bonds is 2. The normalized spacial score (nSPS) is 17.4. The minimum Gasteiger partial charge on any atom is -0.494 e. The first-order chi connectivity index (χ1) is 18.7. The van der Waals surface area contributed by atoms with Gasteiger partial charge in [0.1, 0.15) is 11.6 Å². The molecular formula is C28H32F3N5O3. The molecule has 0 unspecified atom stereocenters. The Labute approximate surface area is 225 Å². The van der Waals surface area contributed by atoms with Gasteiger partial charge in [-0.3, -0.25) is 4.79 Å². The fourth-order valence-corrected chi connectivity index (χ4v) is 3.92. The molecule has 0 saturated heterocycles. The third-order valence-electron chi connectivity index (χ3n) is 5.99. The molecule has 0 fully saturated rings. The van der Waals surface area contributed by atoms with E-state index in [9.17, 15) is 18.0 Å². The fourth-order valence-electron chi connectivity index (χ4n) is 3.92. The van der Waals surface area contributed by atoms with Crippen molar-refractivity contribution in [2.45, 2.75) is 32.5 Å². The molecule has 0 radical (unpaired) electrons. The summed E-state index contributed by atoms with van der Waals surface area (Å²) in [6.45, 7) is 3.64. The molecule has 0 saturated carbocycles. The Morgan fingerprint density at radius 3 is 2.49 bits per heavy atom. The van der Waals surface area contributed by atoms with Crippen LogP contribution in [0.3, 0.4) is 0 Å². The number of hydrogen-bond donors (Lipinski definition) is 3. The lowest BCUT2D eigenvalue weighted by Crippen LogP contribution is -2.33. The molecule has 2 aromatic carbocycles. The predicted molar refractivity (Wildman–Crippen MR) is 141 cm³/mol. The number of nitrogens with zero attached hydrogens (tertiary/aromatic N) is 2. The molecule has 39 heavy (non-hydrogen) atoms. The first kappa shape index (κ1) is 28.2. The standard InChI is InChI=1S/C28H32F3N5O3/c1-19-15-32-11-2-12-38-24-9-5-21(6-10-24)17-33-25-14-23(35-27(36-25)39-18-28(29,30)31)13-20-3-7-22(8-4-20)26(37)34-16-19/h3-10,14,19,32H,2,11-13,15-18H2,1H3,(H,34,37)(H,33,35,36)/t19-/m0/s1. The molecule has 5 heterocycles. The molecular weight excluding hydrogens is 511 g/mol. The molecule has 3 aromatic rings. The quantitative estimate of drug-likeness (QED) is 0.442. The average Bonchev–Trinajstić information content (AvgIpc) is 2.91. The van der Waals surface area contributed by atoms with Crippen LogP contribution in [0.2, 0.25) is 0 Å². The summed E-state index contributed by atoms with van der Waals surface area (Å²) in [7, 11) is 0. The summed E-state index contributed by atoms with van der Waals surface area (Å²) >= 11 is 0. The maximum atomic E-state index is 12.8. The van der Waals surface area contributed by atoms with Crippen molar-refractivity contribution in [1.82, 2.24) is 20.6 Å². The number of alkyl halides is 3. The first-order valence-electron chi connectivity index (χ1n) is 12.8. The highest BCUT2D eigenvalue weighted by Crippen LogP contribution is 2.21. The van der Waals surface area contributed by atoms with Crippen molar-refractivity contribution in [3.8, 4) is 11.8 Å². The zero-order chi connectivity index (χ0) is 27.7. The monoisotopic (exact) mass is 543 g/mol. The second kappa shape index (κ2) is 13.3. The highest BCUT2D eigenvalue weighted by Gasteiger charge is 2.29. The van der Waals surface area contributed by atoms with Crippen LogP contribution >= 0.6 is 0 Å². The van der Waals surface area contributed by atoms with Crippen LogP contribution in [-0.4, -0.2) is 54.9 Å². The van der Waals surface area contributed by atoms with Gasteiger partial charge in [0.15, 0.2) is 6.61 Å². The summed E-state index contributed by atoms with van der Waals surface area (Å²) in [6.07, 6.45) is -3.36. The Balaban J connectivity index is 1.55. The lowest BCUT2D eigenvalue weighted by molar-refractivity contribution is -0.154. The SMILES string of the molecule is C[C@H]1CNCCCOc2ccc(cc2)CNc2cc(nc(OCC(F)(F)F)n2)Cc2ccc(cc2)C(=O)NC1. The van der Waals surface area contributed by atoms with E-state index in [0.29, 0.717) is 43.2 Å². The van der Waals surface area contributed by atoms with Gasteiger partial charge in [-0.05, 0) is 60.8 Å². The summed E-state index contributed by atoms with van der Waals surface area (Å²) in [5, 5.41) is 9.49. The maximum Gasteiger partial charge on any atom is 0.422 e. The number of carbonyl (C=O) groups is 1. The predicted octanol–water partition coefficient (Wildman–Crippen LogP) is 4.36. The zero-order valence-corrected chi connectivity index (χ0v) is 21.7. The molecule has 7 rings (SSSR count). The number of amides is 1. The van der Waals surface area contributed by atoms with Gasteiger partial charge in [0.25, 0.3) is 5.91 Å². The Morgan fingerprint density at radius 2 is 1.74 bits per heavy atom.